The third-order valence-corrected chi connectivity index (χ3v) is 2.29. The summed E-state index contributed by atoms with van der Waals surface area (Å²) in [6, 6.07) is 0. The normalized spacial score (nSPS) is 17.8. The zero-order valence-electron chi connectivity index (χ0n) is 5.30. The van der Waals surface area contributed by atoms with Crippen molar-refractivity contribution in [2.45, 2.75) is 0 Å². The maximum absolute atomic E-state index is 6.70. The highest BCUT2D eigenvalue weighted by molar-refractivity contribution is 6.76. The molecule has 0 spiro atoms. The number of rotatable bonds is 0. The maximum atomic E-state index is 6.70. The van der Waals surface area contributed by atoms with Crippen LogP contribution >= 0.6 is 46.8 Å². The molecule has 0 aromatic carbocycles. The number of allylic oxidation sites excluding steroid dienone is 1. The zero-order valence-corrected chi connectivity index (χ0v) is 8.32. The van der Waals surface area contributed by atoms with Crippen LogP contribution in [0, 0.1) is 6.57 Å². The molecule has 1 rings (SSSR count). The summed E-state index contributed by atoms with van der Waals surface area (Å²) < 4.78 is 1.44. The van der Waals surface area contributed by atoms with Gasteiger partial charge < -0.3 is 4.85 Å². The monoisotopic (exact) mass is 244 g/mol. The minimum atomic E-state index is -0.0895. The van der Waals surface area contributed by atoms with Gasteiger partial charge in [-0.25, -0.2) is 0 Å². The van der Waals surface area contributed by atoms with Gasteiger partial charge in [0, 0.05) is 0 Å². The molecule has 12 heavy (non-hydrogen) atoms. The second-order valence-corrected chi connectivity index (χ2v) is 3.00. The van der Waals surface area contributed by atoms with Crippen molar-refractivity contribution in [2.24, 2.45) is 5.10 Å². The van der Waals surface area contributed by atoms with Crippen LogP contribution in [-0.2, 0) is 0 Å². The Balaban J connectivity index is 3.14. The van der Waals surface area contributed by atoms with E-state index in [-0.39, 0.29) is 16.0 Å². The summed E-state index contributed by atoms with van der Waals surface area (Å²) in [5, 5.41) is 3.38. The number of hydrazine groups is 1. The molecule has 1 aliphatic heterocycles. The van der Waals surface area contributed by atoms with Gasteiger partial charge in [-0.3, -0.25) is 0 Å². The molecule has 0 fully saturated rings. The Hall–Kier alpha value is -0.340. The molecule has 0 saturated heterocycles. The minimum absolute atomic E-state index is 0.0291. The number of nitrogens with zero attached hydrogens (tertiary/aromatic N) is 4. The van der Waals surface area contributed by atoms with E-state index in [0.29, 0.717) is 4.64 Å². The van der Waals surface area contributed by atoms with Crippen LogP contribution in [0.15, 0.2) is 16.0 Å². The van der Waals surface area contributed by atoms with Gasteiger partial charge in [0.25, 0.3) is 5.82 Å². The van der Waals surface area contributed by atoms with Gasteiger partial charge in [0.1, 0.15) is 5.03 Å². The van der Waals surface area contributed by atoms with E-state index in [4.69, 9.17) is 53.3 Å². The molecule has 0 saturated carbocycles. The van der Waals surface area contributed by atoms with Crippen LogP contribution < -0.4 is 0 Å². The van der Waals surface area contributed by atoms with Crippen molar-refractivity contribution in [3.63, 3.8) is 0 Å². The van der Waals surface area contributed by atoms with Gasteiger partial charge in [-0.2, -0.15) is 0 Å². The summed E-state index contributed by atoms with van der Waals surface area (Å²) in [7, 11) is 0. The molecule has 0 bridgehead atoms. The number of hydrogen-bond donors (Lipinski definition) is 0. The summed E-state index contributed by atoms with van der Waals surface area (Å²) >= 11 is 22.0. The third kappa shape index (κ3) is 1.54. The van der Waals surface area contributed by atoms with E-state index >= 15 is 0 Å². The van der Waals surface area contributed by atoms with Crippen molar-refractivity contribution in [3.05, 3.63) is 22.3 Å². The molecule has 0 aromatic heterocycles. The van der Waals surface area contributed by atoms with E-state index in [1.807, 2.05) is 0 Å². The van der Waals surface area contributed by atoms with Crippen molar-refractivity contribution < 1.29 is 0 Å². The molecular weight excluding hydrogens is 246 g/mol. The first kappa shape index (κ1) is 9.75. The Morgan fingerprint density at radius 3 is 2.42 bits per heavy atom. The molecule has 64 valence electrons. The zero-order chi connectivity index (χ0) is 9.30. The van der Waals surface area contributed by atoms with Gasteiger partial charge in [-0.05, 0) is 4.64 Å². The molecule has 0 aliphatic carbocycles. The first-order valence-corrected chi connectivity index (χ1v) is 3.94. The largest absolute Gasteiger partial charge is 0.360 e. The lowest BCUT2D eigenvalue weighted by molar-refractivity contribution is 0.233. The smallest absolute Gasteiger partial charge is 0.291 e. The molecule has 1 aliphatic rings. The van der Waals surface area contributed by atoms with Crippen molar-refractivity contribution >= 4 is 51.9 Å². The van der Waals surface area contributed by atoms with Gasteiger partial charge in [0.05, 0.1) is 11.8 Å². The summed E-state index contributed by atoms with van der Waals surface area (Å²) in [5.74, 6) is -0.0895. The van der Waals surface area contributed by atoms with Crippen molar-refractivity contribution in [3.8, 4) is 0 Å². The van der Waals surface area contributed by atoms with E-state index in [1.165, 1.54) is 0 Å². The van der Waals surface area contributed by atoms with E-state index in [0.717, 1.165) is 4.53 Å². The summed E-state index contributed by atoms with van der Waals surface area (Å²) in [6.07, 6.45) is 0. The van der Waals surface area contributed by atoms with Gasteiger partial charge >= 0.3 is 0 Å². The van der Waals surface area contributed by atoms with Crippen LogP contribution in [0.1, 0.15) is 0 Å². The highest BCUT2D eigenvalue weighted by Crippen LogP contribution is 2.28. The quantitative estimate of drug-likeness (QED) is 0.484. The van der Waals surface area contributed by atoms with E-state index < -0.39 is 0 Å². The number of hydrazone groups is 1. The van der Waals surface area contributed by atoms with Gasteiger partial charge in [-0.1, -0.05) is 34.3 Å². The van der Waals surface area contributed by atoms with Gasteiger partial charge in [0.2, 0.25) is 0 Å². The van der Waals surface area contributed by atoms with Crippen LogP contribution in [0.2, 0.25) is 0 Å². The molecule has 1 heterocycles. The first-order chi connectivity index (χ1) is 5.57. The lowest BCUT2D eigenvalue weighted by atomic mass is 10.5. The highest BCUT2D eigenvalue weighted by atomic mass is 35.5. The Bertz CT molecular complexity index is 303. The van der Waals surface area contributed by atoms with Crippen LogP contribution in [0.5, 0.6) is 0 Å². The molecule has 0 amide bonds. The molecule has 0 atom stereocenters. The summed E-state index contributed by atoms with van der Waals surface area (Å²) in [5.41, 5.74) is 0. The lowest BCUT2D eigenvalue weighted by Gasteiger charge is -2.20. The molecule has 0 unspecified atom stereocenters. The minimum Gasteiger partial charge on any atom is -0.360 e. The van der Waals surface area contributed by atoms with Crippen LogP contribution in [0.4, 0.5) is 0 Å². The second-order valence-electron chi connectivity index (χ2n) is 1.64. The second kappa shape index (κ2) is 3.58. The molecular formula is C4Cl4N4. The van der Waals surface area contributed by atoms with Crippen LogP contribution in [-0.4, -0.2) is 14.3 Å². The fourth-order valence-corrected chi connectivity index (χ4v) is 1.20. The molecule has 4 nitrogen and oxygen atoms in total. The van der Waals surface area contributed by atoms with Crippen molar-refractivity contribution in [1.29, 1.82) is 0 Å². The molecule has 8 heteroatoms. The first-order valence-electron chi connectivity index (χ1n) is 2.51. The predicted molar refractivity (Wildman–Crippen MR) is 48.2 cm³/mol. The average Bonchev–Trinajstić information content (AvgIpc) is 2.02. The fraction of sp³-hybridized carbons (Fsp3) is 0. The van der Waals surface area contributed by atoms with E-state index in [1.54, 1.807) is 0 Å². The Labute approximate surface area is 88.5 Å². The van der Waals surface area contributed by atoms with Crippen LogP contribution in [0.25, 0.3) is 4.85 Å². The fourth-order valence-electron chi connectivity index (χ4n) is 0.497. The van der Waals surface area contributed by atoms with Crippen molar-refractivity contribution in [1.82, 2.24) is 9.16 Å². The molecule has 0 N–H and O–H groups in total. The molecule has 0 radical (unpaired) electrons. The van der Waals surface area contributed by atoms with Crippen LogP contribution in [0.3, 0.4) is 0 Å². The topological polar surface area (TPSA) is 23.2 Å². The molecule has 0 aromatic rings. The standard InChI is InChI=1S/C4Cl4N4/c1-9-4-2(5)3(6)10-12(8)11(4)7. The number of halogens is 4. The van der Waals surface area contributed by atoms with Crippen molar-refractivity contribution in [2.75, 3.05) is 0 Å². The summed E-state index contributed by atoms with van der Waals surface area (Å²) in [4.78, 5) is 3.01. The number of hydrogen-bond acceptors (Lipinski definition) is 3. The SMILES string of the molecule is [C-]#[N+]C1=C(Cl)C(Cl)=NN(Cl)N1Cl. The average molecular weight is 246 g/mol. The Morgan fingerprint density at radius 2 is 1.92 bits per heavy atom. The van der Waals surface area contributed by atoms with Gasteiger partial charge in [0.15, 0.2) is 16.9 Å². The Morgan fingerprint density at radius 1 is 1.33 bits per heavy atom. The summed E-state index contributed by atoms with van der Waals surface area (Å²) in [6.45, 7) is 6.70. The van der Waals surface area contributed by atoms with Gasteiger partial charge in [-0.15, -0.1) is 5.10 Å². The maximum Gasteiger partial charge on any atom is 0.291 e. The highest BCUT2D eigenvalue weighted by Gasteiger charge is 2.27. The third-order valence-electron chi connectivity index (χ3n) is 0.973. The lowest BCUT2D eigenvalue weighted by Crippen LogP contribution is -2.27. The predicted octanol–water partition coefficient (Wildman–Crippen LogP) is 2.71. The van der Waals surface area contributed by atoms with E-state index in [2.05, 4.69) is 9.95 Å². The van der Waals surface area contributed by atoms with E-state index in [9.17, 15) is 0 Å². The Kier molecular flexibility index (Phi) is 2.91.